The third kappa shape index (κ3) is 3.14. The Morgan fingerprint density at radius 3 is 2.50 bits per heavy atom. The molecule has 0 aliphatic rings. The molecule has 2 aromatic heterocycles. The molecule has 0 atom stereocenters. The van der Waals surface area contributed by atoms with Gasteiger partial charge in [0.25, 0.3) is 0 Å². The van der Waals surface area contributed by atoms with Gasteiger partial charge in [-0.1, -0.05) is 41.4 Å². The fourth-order valence-corrected chi connectivity index (χ4v) is 4.83. The third-order valence-electron chi connectivity index (χ3n) is 3.69. The Kier molecular flexibility index (Phi) is 4.75. The number of halogens is 2. The van der Waals surface area contributed by atoms with Crippen molar-refractivity contribution in [1.82, 2.24) is 14.8 Å². The van der Waals surface area contributed by atoms with E-state index in [0.29, 0.717) is 21.0 Å². The number of hydrogen-bond acceptors (Lipinski definition) is 5. The standard InChI is InChI=1S/C18H11Cl2N3OS2/c1-10(24)25-18-22-21-17(23(18)12-8-6-11(19)7-9-12)16-15(20)13-4-2-3-5-14(13)26-16/h2-9H,1H3. The number of thiophene rings is 1. The number of carbonyl (C=O) groups excluding carboxylic acids is 1. The maximum Gasteiger partial charge on any atom is 0.203 e. The third-order valence-corrected chi connectivity index (χ3v) is 6.35. The van der Waals surface area contributed by atoms with E-state index in [4.69, 9.17) is 23.2 Å². The molecule has 4 aromatic rings. The van der Waals surface area contributed by atoms with E-state index in [1.54, 1.807) is 23.5 Å². The van der Waals surface area contributed by atoms with Gasteiger partial charge in [0.2, 0.25) is 5.16 Å². The normalized spacial score (nSPS) is 11.2. The minimum absolute atomic E-state index is 0.0680. The zero-order valence-corrected chi connectivity index (χ0v) is 16.6. The smallest absolute Gasteiger partial charge is 0.203 e. The Morgan fingerprint density at radius 1 is 1.08 bits per heavy atom. The predicted molar refractivity (Wildman–Crippen MR) is 109 cm³/mol. The van der Waals surface area contributed by atoms with Crippen molar-refractivity contribution in [3.05, 3.63) is 58.6 Å². The van der Waals surface area contributed by atoms with E-state index < -0.39 is 0 Å². The van der Waals surface area contributed by atoms with E-state index in [-0.39, 0.29) is 5.12 Å². The Morgan fingerprint density at radius 2 is 1.81 bits per heavy atom. The predicted octanol–water partition coefficient (Wildman–Crippen LogP) is 6.09. The van der Waals surface area contributed by atoms with Crippen LogP contribution in [0.4, 0.5) is 0 Å². The molecule has 4 rings (SSSR count). The highest BCUT2D eigenvalue weighted by Gasteiger charge is 2.22. The molecule has 2 aromatic carbocycles. The van der Waals surface area contributed by atoms with Crippen LogP contribution < -0.4 is 0 Å². The van der Waals surface area contributed by atoms with E-state index >= 15 is 0 Å². The van der Waals surface area contributed by atoms with Crippen LogP contribution >= 0.6 is 46.3 Å². The number of rotatable bonds is 3. The van der Waals surface area contributed by atoms with Crippen LogP contribution in [0.15, 0.2) is 53.7 Å². The summed E-state index contributed by atoms with van der Waals surface area (Å²) in [5.74, 6) is 0.599. The van der Waals surface area contributed by atoms with Crippen LogP contribution in [-0.2, 0) is 4.79 Å². The van der Waals surface area contributed by atoms with Gasteiger partial charge < -0.3 is 0 Å². The first-order valence-electron chi connectivity index (χ1n) is 7.62. The maximum absolute atomic E-state index is 11.6. The van der Waals surface area contributed by atoms with Crippen LogP contribution in [0, 0.1) is 0 Å². The lowest BCUT2D eigenvalue weighted by atomic mass is 10.2. The van der Waals surface area contributed by atoms with Gasteiger partial charge >= 0.3 is 0 Å². The molecule has 0 saturated carbocycles. The monoisotopic (exact) mass is 419 g/mol. The van der Waals surface area contributed by atoms with E-state index in [0.717, 1.165) is 32.4 Å². The van der Waals surface area contributed by atoms with E-state index in [2.05, 4.69) is 10.2 Å². The lowest BCUT2D eigenvalue weighted by Gasteiger charge is -2.09. The summed E-state index contributed by atoms with van der Waals surface area (Å²) in [4.78, 5) is 12.5. The van der Waals surface area contributed by atoms with Crippen molar-refractivity contribution in [3.8, 4) is 16.4 Å². The topological polar surface area (TPSA) is 47.8 Å². The number of carbonyl (C=O) groups is 1. The minimum atomic E-state index is -0.0680. The van der Waals surface area contributed by atoms with Crippen LogP contribution in [0.1, 0.15) is 6.92 Å². The van der Waals surface area contributed by atoms with Gasteiger partial charge in [-0.05, 0) is 42.1 Å². The van der Waals surface area contributed by atoms with Crippen molar-refractivity contribution < 1.29 is 4.79 Å². The number of benzene rings is 2. The summed E-state index contributed by atoms with van der Waals surface area (Å²) in [6, 6.07) is 15.2. The number of thioether (sulfide) groups is 1. The molecule has 0 spiro atoms. The molecule has 2 heterocycles. The van der Waals surface area contributed by atoms with Crippen molar-refractivity contribution in [2.75, 3.05) is 0 Å². The molecular weight excluding hydrogens is 409 g/mol. The molecule has 0 aliphatic heterocycles. The second-order valence-corrected chi connectivity index (χ2v) is 8.46. The number of aromatic nitrogens is 3. The van der Waals surface area contributed by atoms with Gasteiger partial charge in [-0.3, -0.25) is 9.36 Å². The number of nitrogens with zero attached hydrogens (tertiary/aromatic N) is 3. The second-order valence-electron chi connectivity index (χ2n) is 5.45. The van der Waals surface area contributed by atoms with Crippen molar-refractivity contribution in [2.45, 2.75) is 12.1 Å². The SMILES string of the molecule is CC(=O)Sc1nnc(-c2sc3ccccc3c2Cl)n1-c1ccc(Cl)cc1. The molecule has 0 N–H and O–H groups in total. The first-order chi connectivity index (χ1) is 12.5. The van der Waals surface area contributed by atoms with Crippen molar-refractivity contribution in [3.63, 3.8) is 0 Å². The molecular formula is C18H11Cl2N3OS2. The molecule has 130 valence electrons. The Labute approximate surface area is 167 Å². The average molecular weight is 420 g/mol. The summed E-state index contributed by atoms with van der Waals surface area (Å²) in [6.45, 7) is 1.50. The van der Waals surface area contributed by atoms with E-state index in [1.807, 2.05) is 41.0 Å². The van der Waals surface area contributed by atoms with Crippen molar-refractivity contribution in [1.29, 1.82) is 0 Å². The number of hydrogen-bond donors (Lipinski definition) is 0. The fraction of sp³-hybridized carbons (Fsp3) is 0.0556. The van der Waals surface area contributed by atoms with Crippen molar-refractivity contribution >= 4 is 61.5 Å². The highest BCUT2D eigenvalue weighted by Crippen LogP contribution is 2.42. The quantitative estimate of drug-likeness (QED) is 0.376. The molecule has 8 heteroatoms. The van der Waals surface area contributed by atoms with Gasteiger partial charge in [-0.15, -0.1) is 21.5 Å². The van der Waals surface area contributed by atoms with Gasteiger partial charge in [0.15, 0.2) is 10.9 Å². The highest BCUT2D eigenvalue weighted by molar-refractivity contribution is 8.13. The first-order valence-corrected chi connectivity index (χ1v) is 10.0. The average Bonchev–Trinajstić information content (AvgIpc) is 3.17. The van der Waals surface area contributed by atoms with Gasteiger partial charge in [-0.2, -0.15) is 0 Å². The van der Waals surface area contributed by atoms with E-state index in [9.17, 15) is 4.79 Å². The summed E-state index contributed by atoms with van der Waals surface area (Å²) in [5.41, 5.74) is 0.812. The first kappa shape index (κ1) is 17.5. The lowest BCUT2D eigenvalue weighted by molar-refractivity contribution is -0.109. The van der Waals surface area contributed by atoms with E-state index in [1.165, 1.54) is 6.92 Å². The molecule has 0 radical (unpaired) electrons. The molecule has 0 amide bonds. The molecule has 0 bridgehead atoms. The molecule has 0 aliphatic carbocycles. The maximum atomic E-state index is 11.6. The lowest BCUT2D eigenvalue weighted by Crippen LogP contribution is -2.00. The molecule has 4 nitrogen and oxygen atoms in total. The van der Waals surface area contributed by atoms with Gasteiger partial charge in [0, 0.05) is 27.7 Å². The minimum Gasteiger partial charge on any atom is -0.287 e. The Hall–Kier alpha value is -1.86. The molecule has 26 heavy (non-hydrogen) atoms. The second kappa shape index (κ2) is 7.04. The zero-order valence-electron chi connectivity index (χ0n) is 13.4. The summed E-state index contributed by atoms with van der Waals surface area (Å²) in [6.07, 6.45) is 0. The molecule has 0 fully saturated rings. The summed E-state index contributed by atoms with van der Waals surface area (Å²) in [5, 5.41) is 11.2. The zero-order chi connectivity index (χ0) is 18.3. The van der Waals surface area contributed by atoms with Crippen LogP contribution in [0.2, 0.25) is 10.0 Å². The van der Waals surface area contributed by atoms with Crippen LogP contribution in [0.5, 0.6) is 0 Å². The van der Waals surface area contributed by atoms with Gasteiger partial charge in [0.05, 0.1) is 9.90 Å². The Balaban J connectivity index is 1.96. The van der Waals surface area contributed by atoms with Crippen molar-refractivity contribution in [2.24, 2.45) is 0 Å². The van der Waals surface area contributed by atoms with Crippen LogP contribution in [-0.4, -0.2) is 19.9 Å². The molecule has 0 saturated heterocycles. The van der Waals surface area contributed by atoms with Crippen LogP contribution in [0.3, 0.4) is 0 Å². The largest absolute Gasteiger partial charge is 0.287 e. The summed E-state index contributed by atoms with van der Waals surface area (Å²) in [7, 11) is 0. The number of fused-ring (bicyclic) bond motifs is 1. The molecule has 0 unspecified atom stereocenters. The van der Waals surface area contributed by atoms with Gasteiger partial charge in [-0.25, -0.2) is 0 Å². The highest BCUT2D eigenvalue weighted by atomic mass is 35.5. The Bertz CT molecular complexity index is 1120. The summed E-state index contributed by atoms with van der Waals surface area (Å²) >= 11 is 15.2. The van der Waals surface area contributed by atoms with Gasteiger partial charge in [0.1, 0.15) is 0 Å². The fourth-order valence-electron chi connectivity index (χ4n) is 2.59. The summed E-state index contributed by atoms with van der Waals surface area (Å²) < 4.78 is 2.90. The van der Waals surface area contributed by atoms with Crippen LogP contribution in [0.25, 0.3) is 26.5 Å².